The molecule has 13 nitrogen and oxygen atoms in total. The number of fused-ring (bicyclic) bond motifs is 2. The van der Waals surface area contributed by atoms with Crippen molar-refractivity contribution >= 4 is 33.2 Å². The second kappa shape index (κ2) is 13.0. The van der Waals surface area contributed by atoms with Gasteiger partial charge in [0.1, 0.15) is 17.4 Å². The molecule has 1 aromatic heterocycles. The average Bonchev–Trinajstić information content (AvgIpc) is 3.46. The monoisotopic (exact) mass is 710 g/mol. The van der Waals surface area contributed by atoms with Crippen LogP contribution in [-0.2, 0) is 30.7 Å². The molecule has 8 rings (SSSR count). The Morgan fingerprint density at radius 1 is 1.14 bits per heavy atom. The van der Waals surface area contributed by atoms with E-state index < -0.39 is 34.4 Å². The number of carbonyl (C=O) groups excluding carboxylic acids is 1. The van der Waals surface area contributed by atoms with Crippen molar-refractivity contribution in [3.63, 3.8) is 0 Å². The van der Waals surface area contributed by atoms with E-state index in [1.807, 2.05) is 38.1 Å². The van der Waals surface area contributed by atoms with Crippen LogP contribution in [0.3, 0.4) is 0 Å². The van der Waals surface area contributed by atoms with Crippen molar-refractivity contribution in [1.82, 2.24) is 14.6 Å². The van der Waals surface area contributed by atoms with Gasteiger partial charge in [0, 0.05) is 42.4 Å². The molecule has 3 aromatic rings. The Morgan fingerprint density at radius 3 is 2.72 bits per heavy atom. The van der Waals surface area contributed by atoms with Crippen LogP contribution >= 0.6 is 0 Å². The van der Waals surface area contributed by atoms with Crippen molar-refractivity contribution in [1.29, 1.82) is 0 Å². The van der Waals surface area contributed by atoms with Crippen LogP contribution in [0.2, 0.25) is 0 Å². The maximum absolute atomic E-state index is 14.2. The van der Waals surface area contributed by atoms with Gasteiger partial charge in [-0.2, -0.15) is 9.29 Å². The van der Waals surface area contributed by atoms with Gasteiger partial charge in [0.2, 0.25) is 10.0 Å². The standard InChI is InChI=1S/C36H46N4O9S/c1-20(2)17-40(50(43,44)24-9-10-27-30(15-24)48-34(38-27)37-22-7-8-22)18-29(41)28(14-21-5-4-6-23(13-21)45-3)39-35(42)49-32-25-11-12-36(25)19-46-33-26(36)16-31(32)47-33/h4-6,9-10,13,15,20,22,25-26,28-29,31-33,41H,7-8,11-12,14,16-19H2,1-3H3,(H,37,38)(H,39,42). The predicted octanol–water partition coefficient (Wildman–Crippen LogP) is 4.30. The van der Waals surface area contributed by atoms with Crippen molar-refractivity contribution < 1.29 is 41.7 Å². The highest BCUT2D eigenvalue weighted by Crippen LogP contribution is 2.66. The third-order valence-corrected chi connectivity index (χ3v) is 13.1. The summed E-state index contributed by atoms with van der Waals surface area (Å²) in [6.07, 6.45) is 2.25. The number of carbonyl (C=O) groups is 1. The number of rotatable bonds is 14. The number of sulfonamides is 1. The highest BCUT2D eigenvalue weighted by atomic mass is 32.2. The molecule has 5 fully saturated rings. The Morgan fingerprint density at radius 2 is 1.98 bits per heavy atom. The van der Waals surface area contributed by atoms with Gasteiger partial charge in [-0.3, -0.25) is 0 Å². The quantitative estimate of drug-likeness (QED) is 0.219. The first kappa shape index (κ1) is 33.7. The fourth-order valence-electron chi connectivity index (χ4n) is 8.47. The maximum Gasteiger partial charge on any atom is 0.407 e. The lowest BCUT2D eigenvalue weighted by atomic mass is 9.49. The minimum Gasteiger partial charge on any atom is -0.497 e. The zero-order chi connectivity index (χ0) is 34.8. The molecule has 3 aliphatic carbocycles. The van der Waals surface area contributed by atoms with Gasteiger partial charge in [-0.1, -0.05) is 26.0 Å². The summed E-state index contributed by atoms with van der Waals surface area (Å²) >= 11 is 0. The Balaban J connectivity index is 1.02. The van der Waals surface area contributed by atoms with Gasteiger partial charge in [-0.15, -0.1) is 0 Å². The summed E-state index contributed by atoms with van der Waals surface area (Å²) in [7, 11) is -2.53. The molecule has 3 heterocycles. The van der Waals surface area contributed by atoms with Crippen LogP contribution in [0.1, 0.15) is 51.5 Å². The van der Waals surface area contributed by atoms with Crippen molar-refractivity contribution in [2.24, 2.45) is 23.2 Å². The lowest BCUT2D eigenvalue weighted by Crippen LogP contribution is -2.59. The lowest BCUT2D eigenvalue weighted by Gasteiger charge is -2.55. The normalized spacial score (nSPS) is 29.4. The van der Waals surface area contributed by atoms with Gasteiger partial charge in [-0.05, 0) is 74.3 Å². The first-order valence-electron chi connectivity index (χ1n) is 17.7. The van der Waals surface area contributed by atoms with E-state index in [4.69, 9.17) is 23.4 Å². The number of ether oxygens (including phenoxy) is 4. The van der Waals surface area contributed by atoms with Crippen molar-refractivity contribution in [3.05, 3.63) is 48.0 Å². The zero-order valence-corrected chi connectivity index (χ0v) is 29.4. The number of nitrogens with zero attached hydrogens (tertiary/aromatic N) is 2. The molecule has 3 N–H and O–H groups in total. The van der Waals surface area contributed by atoms with E-state index in [0.717, 1.165) is 37.7 Å². The van der Waals surface area contributed by atoms with Crippen LogP contribution < -0.4 is 15.4 Å². The molecule has 0 radical (unpaired) electrons. The summed E-state index contributed by atoms with van der Waals surface area (Å²) in [4.78, 5) is 18.1. The van der Waals surface area contributed by atoms with Gasteiger partial charge in [-0.25, -0.2) is 13.2 Å². The number of alkyl carbamates (subject to hydrolysis) is 1. The number of aliphatic hydroxyl groups is 1. The summed E-state index contributed by atoms with van der Waals surface area (Å²) in [6.45, 7) is 4.34. The molecule has 1 spiro atoms. The number of anilines is 1. The van der Waals surface area contributed by atoms with Crippen LogP contribution in [0.25, 0.3) is 11.1 Å². The molecule has 270 valence electrons. The Hall–Kier alpha value is -3.43. The van der Waals surface area contributed by atoms with E-state index in [1.165, 1.54) is 16.4 Å². The average molecular weight is 711 g/mol. The molecule has 8 unspecified atom stereocenters. The van der Waals surface area contributed by atoms with E-state index in [-0.39, 0.29) is 54.1 Å². The Kier molecular flexibility index (Phi) is 8.74. The van der Waals surface area contributed by atoms with Gasteiger partial charge in [0.15, 0.2) is 11.9 Å². The summed E-state index contributed by atoms with van der Waals surface area (Å²) in [5, 5.41) is 17.9. The van der Waals surface area contributed by atoms with Gasteiger partial charge < -0.3 is 39.1 Å². The smallest absolute Gasteiger partial charge is 0.407 e. The first-order valence-corrected chi connectivity index (χ1v) is 19.2. The van der Waals surface area contributed by atoms with Crippen molar-refractivity contribution in [2.75, 3.05) is 32.1 Å². The number of methoxy groups -OCH3 is 1. The molecule has 8 atom stereocenters. The summed E-state index contributed by atoms with van der Waals surface area (Å²) < 4.78 is 59.1. The van der Waals surface area contributed by atoms with Crippen molar-refractivity contribution in [3.8, 4) is 5.75 Å². The number of hydrogen-bond acceptors (Lipinski definition) is 11. The van der Waals surface area contributed by atoms with Crippen LogP contribution in [0.5, 0.6) is 5.75 Å². The second-order valence-electron chi connectivity index (χ2n) is 15.1. The number of aromatic nitrogens is 1. The number of nitrogens with one attached hydrogen (secondary N) is 2. The Bertz CT molecular complexity index is 1850. The number of aliphatic hydroxyl groups excluding tert-OH is 1. The number of hydrogen-bond donors (Lipinski definition) is 3. The minimum atomic E-state index is -4.10. The number of amides is 1. The van der Waals surface area contributed by atoms with E-state index in [2.05, 4.69) is 15.6 Å². The fraction of sp³-hybridized carbons (Fsp3) is 0.611. The van der Waals surface area contributed by atoms with Gasteiger partial charge in [0.05, 0.1) is 36.9 Å². The molecule has 2 saturated heterocycles. The zero-order valence-electron chi connectivity index (χ0n) is 28.6. The van der Waals surface area contributed by atoms with Crippen LogP contribution in [0, 0.1) is 23.2 Å². The second-order valence-corrected chi connectivity index (χ2v) is 17.0. The molecule has 2 aromatic carbocycles. The summed E-state index contributed by atoms with van der Waals surface area (Å²) in [6, 6.07) is 11.8. The van der Waals surface area contributed by atoms with E-state index in [1.54, 1.807) is 13.2 Å². The molecule has 1 amide bonds. The van der Waals surface area contributed by atoms with Crippen LogP contribution in [-0.4, -0.2) is 92.4 Å². The van der Waals surface area contributed by atoms with E-state index >= 15 is 0 Å². The van der Waals surface area contributed by atoms with Gasteiger partial charge >= 0.3 is 6.09 Å². The fourth-order valence-corrected chi connectivity index (χ4v) is 10.1. The van der Waals surface area contributed by atoms with Crippen molar-refractivity contribution in [2.45, 2.75) is 94.0 Å². The predicted molar refractivity (Wildman–Crippen MR) is 182 cm³/mol. The highest BCUT2D eigenvalue weighted by Gasteiger charge is 2.70. The molecule has 2 bridgehead atoms. The summed E-state index contributed by atoms with van der Waals surface area (Å²) in [5.74, 6) is 1.09. The molecular formula is C36H46N4O9S. The molecule has 3 saturated carbocycles. The Labute approximate surface area is 292 Å². The molecular weight excluding hydrogens is 664 g/mol. The highest BCUT2D eigenvalue weighted by molar-refractivity contribution is 7.89. The lowest BCUT2D eigenvalue weighted by molar-refractivity contribution is -0.189. The number of oxazole rings is 1. The molecule has 14 heteroatoms. The summed E-state index contributed by atoms with van der Waals surface area (Å²) in [5.41, 5.74) is 1.70. The van der Waals surface area contributed by atoms with Crippen LogP contribution in [0.15, 0.2) is 51.8 Å². The van der Waals surface area contributed by atoms with E-state index in [0.29, 0.717) is 41.4 Å². The first-order chi connectivity index (χ1) is 24.0. The molecule has 50 heavy (non-hydrogen) atoms. The third-order valence-electron chi connectivity index (χ3n) is 11.3. The molecule has 2 aliphatic heterocycles. The van der Waals surface area contributed by atoms with E-state index in [9.17, 15) is 18.3 Å². The van der Waals surface area contributed by atoms with Crippen LogP contribution in [0.4, 0.5) is 10.8 Å². The minimum absolute atomic E-state index is 0.00214. The maximum atomic E-state index is 14.2. The third kappa shape index (κ3) is 6.23. The SMILES string of the molecule is COc1cccc(CC(NC(=O)OC2C3CC4C(OCC45CCC25)O3)C(O)CN(CC(C)C)S(=O)(=O)c2ccc3nc(NC4CC4)oc3c2)c1. The number of benzene rings is 2. The molecule has 5 aliphatic rings. The largest absolute Gasteiger partial charge is 0.497 e. The topological polar surface area (TPSA) is 162 Å². The van der Waals surface area contributed by atoms with Gasteiger partial charge in [0.25, 0.3) is 6.01 Å².